The molecule has 1 aromatic rings. The molecule has 0 spiro atoms. The lowest BCUT2D eigenvalue weighted by Gasteiger charge is -2.49. The molecule has 2 saturated heterocycles. The van der Waals surface area contributed by atoms with Crippen molar-refractivity contribution < 1.29 is 59.1 Å². The quantitative estimate of drug-likeness (QED) is 0.125. The maximum Gasteiger partial charge on any atom is 0.352 e. The van der Waals surface area contributed by atoms with Crippen LogP contribution in [-0.2, 0) is 38.3 Å². The van der Waals surface area contributed by atoms with Crippen molar-refractivity contribution in [1.82, 2.24) is 20.4 Å². The molecular formula is C29H32N6O12S2. The van der Waals surface area contributed by atoms with E-state index in [0.29, 0.717) is 22.5 Å². The lowest BCUT2D eigenvalue weighted by molar-refractivity contribution is -0.150. The maximum absolute atomic E-state index is 12.3. The highest BCUT2D eigenvalue weighted by Crippen LogP contribution is 2.41. The Bertz CT molecular complexity index is 1670. The second-order valence-corrected chi connectivity index (χ2v) is 12.9. The predicted octanol–water partition coefficient (Wildman–Crippen LogP) is -1.47. The van der Waals surface area contributed by atoms with Gasteiger partial charge in [-0.1, -0.05) is 12.1 Å². The number of fused-ring (bicyclic) bond motifs is 2. The molecule has 2 fully saturated rings. The zero-order chi connectivity index (χ0) is 35.4. The molecule has 262 valence electrons. The summed E-state index contributed by atoms with van der Waals surface area (Å²) in [5.41, 5.74) is 7.11. The van der Waals surface area contributed by atoms with E-state index in [4.69, 9.17) is 15.7 Å². The maximum atomic E-state index is 12.3. The molecule has 20 heteroatoms. The third-order valence-electron chi connectivity index (χ3n) is 7.45. The number of carbonyl (C=O) groups excluding carboxylic acids is 5. The molecule has 0 aromatic heterocycles. The molecule has 9 N–H and O–H groups in total. The smallest absolute Gasteiger partial charge is 0.352 e. The number of carbonyl (C=O) groups is 7. The molecule has 1 aromatic carbocycles. The van der Waals surface area contributed by atoms with Crippen LogP contribution in [0.4, 0.5) is 0 Å². The number of thioether (sulfide) groups is 2. The van der Waals surface area contributed by atoms with Crippen molar-refractivity contribution in [3.63, 3.8) is 0 Å². The van der Waals surface area contributed by atoms with Gasteiger partial charge in [-0.05, 0) is 30.2 Å². The van der Waals surface area contributed by atoms with Crippen molar-refractivity contribution in [3.05, 3.63) is 52.4 Å². The van der Waals surface area contributed by atoms with Crippen LogP contribution in [0.2, 0.25) is 0 Å². The summed E-state index contributed by atoms with van der Waals surface area (Å²) in [5, 5.41) is 40.4. The van der Waals surface area contributed by atoms with Gasteiger partial charge in [-0.3, -0.25) is 33.8 Å². The van der Waals surface area contributed by atoms with Gasteiger partial charge in [0.15, 0.2) is 0 Å². The number of rotatable bonds is 9. The zero-order valence-corrected chi connectivity index (χ0v) is 27.5. The third kappa shape index (κ3) is 7.97. The Hall–Kier alpha value is -5.10. The first-order chi connectivity index (χ1) is 22.7. The van der Waals surface area contributed by atoms with E-state index < -0.39 is 70.4 Å². The Kier molecular flexibility index (Phi) is 12.4. The minimum atomic E-state index is -1.30. The van der Waals surface area contributed by atoms with E-state index in [1.165, 1.54) is 59.6 Å². The van der Waals surface area contributed by atoms with Crippen LogP contribution in [-0.4, -0.2) is 113 Å². The van der Waals surface area contributed by atoms with E-state index in [0.717, 1.165) is 4.90 Å². The van der Waals surface area contributed by atoms with Gasteiger partial charge in [0.2, 0.25) is 11.8 Å². The number of benzene rings is 1. The summed E-state index contributed by atoms with van der Waals surface area (Å²) in [6.45, 7) is 2.67. The summed E-state index contributed by atoms with van der Waals surface area (Å²) in [6, 6.07) is 4.91. The summed E-state index contributed by atoms with van der Waals surface area (Å²) >= 11 is 2.66. The summed E-state index contributed by atoms with van der Waals surface area (Å²) in [5.74, 6) is -4.35. The van der Waals surface area contributed by atoms with Crippen LogP contribution in [0.15, 0.2) is 46.8 Å². The molecular weight excluding hydrogens is 688 g/mol. The summed E-state index contributed by atoms with van der Waals surface area (Å²) in [4.78, 5) is 84.2. The first-order valence-electron chi connectivity index (χ1n) is 14.1. The van der Waals surface area contributed by atoms with Gasteiger partial charge >= 0.3 is 17.9 Å². The molecule has 5 atom stereocenters. The average molecular weight is 721 g/mol. The molecule has 0 bridgehead atoms. The third-order valence-corrected chi connectivity index (χ3v) is 10.2. The number of aromatic hydroxyl groups is 1. The molecule has 49 heavy (non-hydrogen) atoms. The lowest BCUT2D eigenvalue weighted by Crippen LogP contribution is -2.71. The van der Waals surface area contributed by atoms with Crippen LogP contribution >= 0.6 is 23.5 Å². The van der Waals surface area contributed by atoms with Crippen LogP contribution in [0.1, 0.15) is 31.9 Å². The molecule has 4 heterocycles. The molecule has 0 radical (unpaired) electrons. The van der Waals surface area contributed by atoms with Gasteiger partial charge in [0.1, 0.15) is 59.0 Å². The Morgan fingerprint density at radius 2 is 1.51 bits per heavy atom. The standard InChI is InChI=1S/C16H17N3O5S.C13H13N3O6S.H2O/c1-7-6-25-15-11(14(22)19(15)12(7)16(23)24)18-13(21)10(17)8-2-4-9(20)5-3-8;1-6(17)22-4-7-5-23-12-9(15-8(18)2-3-14)11(19)16(12)10(7)13(20)21;/h2-5,10-11,15,20H,6,17H2,1H3,(H,18,21)(H,23,24);9,12H,2,4-5H2,1H3,(H,15,18)(H,20,21);1H2/t10-,11-,15-;9-,12-;/m11./s1. The highest BCUT2D eigenvalue weighted by molar-refractivity contribution is 8.00. The predicted molar refractivity (Wildman–Crippen MR) is 171 cm³/mol. The summed E-state index contributed by atoms with van der Waals surface area (Å²) in [7, 11) is 0. The number of phenolic OH excluding ortho intramolecular Hbond substituents is 1. The monoisotopic (exact) mass is 720 g/mol. The number of nitriles is 1. The lowest BCUT2D eigenvalue weighted by atomic mass is 10.0. The van der Waals surface area contributed by atoms with Crippen molar-refractivity contribution in [1.29, 1.82) is 5.26 Å². The molecule has 4 amide bonds. The molecule has 4 aliphatic heterocycles. The van der Waals surface area contributed by atoms with Crippen molar-refractivity contribution >= 4 is 65.1 Å². The number of aliphatic carboxylic acids is 2. The summed E-state index contributed by atoms with van der Waals surface area (Å²) in [6.07, 6.45) is -0.375. The zero-order valence-electron chi connectivity index (χ0n) is 25.9. The fourth-order valence-corrected chi connectivity index (χ4v) is 7.75. The number of carboxylic acids is 2. The van der Waals surface area contributed by atoms with Gasteiger partial charge in [0, 0.05) is 24.0 Å². The van der Waals surface area contributed by atoms with Gasteiger partial charge in [-0.2, -0.15) is 5.26 Å². The fourth-order valence-electron chi connectivity index (χ4n) is 5.13. The number of amides is 4. The van der Waals surface area contributed by atoms with E-state index in [-0.39, 0.29) is 41.4 Å². The van der Waals surface area contributed by atoms with Crippen LogP contribution < -0.4 is 16.4 Å². The Morgan fingerprint density at radius 3 is 2.04 bits per heavy atom. The molecule has 4 aliphatic rings. The number of β-lactam (4-membered cyclic amide) rings is 2. The molecule has 0 aliphatic carbocycles. The number of phenols is 1. The van der Waals surface area contributed by atoms with Crippen molar-refractivity contribution in [2.45, 2.75) is 49.1 Å². The minimum Gasteiger partial charge on any atom is -0.508 e. The van der Waals surface area contributed by atoms with Crippen LogP contribution in [0.25, 0.3) is 0 Å². The highest BCUT2D eigenvalue weighted by Gasteiger charge is 2.55. The number of carboxylic acid groups (broad SMARTS) is 2. The number of ether oxygens (including phenoxy) is 1. The normalized spacial score (nSPS) is 22.7. The van der Waals surface area contributed by atoms with E-state index in [2.05, 4.69) is 10.6 Å². The van der Waals surface area contributed by atoms with Gasteiger partial charge in [0.05, 0.1) is 6.07 Å². The number of esters is 1. The fraction of sp³-hybridized carbons (Fsp3) is 0.379. The van der Waals surface area contributed by atoms with Gasteiger partial charge in [-0.25, -0.2) is 9.59 Å². The topological polar surface area (TPSA) is 301 Å². The molecule has 0 unspecified atom stereocenters. The number of nitrogens with two attached hydrogens (primary N) is 1. The SMILES string of the molecule is CC(=O)OCC1=C(C(=O)O)N2C(=O)[C@@H](NC(=O)CC#N)[C@H]2SC1.CC1=C(C(=O)O)N2C(=O)[C@@H](NC(=O)[C@H](N)c3ccc(O)cc3)[C@H]2SC1.O. The Labute approximate surface area is 286 Å². The van der Waals surface area contributed by atoms with Gasteiger partial charge in [-0.15, -0.1) is 23.5 Å². The first-order valence-corrected chi connectivity index (χ1v) is 16.2. The van der Waals surface area contributed by atoms with E-state index >= 15 is 0 Å². The number of nitrogens with one attached hydrogen (secondary N) is 2. The van der Waals surface area contributed by atoms with Crippen LogP contribution in [0, 0.1) is 11.3 Å². The number of hydrogen-bond acceptors (Lipinski definition) is 13. The molecule has 0 saturated carbocycles. The van der Waals surface area contributed by atoms with Gasteiger partial charge < -0.3 is 41.9 Å². The second-order valence-electron chi connectivity index (χ2n) is 10.7. The summed E-state index contributed by atoms with van der Waals surface area (Å²) < 4.78 is 4.81. The van der Waals surface area contributed by atoms with E-state index in [9.17, 15) is 48.9 Å². The van der Waals surface area contributed by atoms with Crippen molar-refractivity contribution in [2.24, 2.45) is 5.73 Å². The second kappa shape index (κ2) is 15.9. The van der Waals surface area contributed by atoms with Crippen molar-refractivity contribution in [3.8, 4) is 11.8 Å². The minimum absolute atomic E-state index is 0. The largest absolute Gasteiger partial charge is 0.508 e. The van der Waals surface area contributed by atoms with Crippen molar-refractivity contribution in [2.75, 3.05) is 18.1 Å². The number of nitrogens with zero attached hydrogens (tertiary/aromatic N) is 3. The van der Waals surface area contributed by atoms with Gasteiger partial charge in [0.25, 0.3) is 11.8 Å². The number of hydrogen-bond donors (Lipinski definition) is 6. The average Bonchev–Trinajstić information content (AvgIpc) is 3.04. The Morgan fingerprint density at radius 1 is 0.980 bits per heavy atom. The molecule has 5 rings (SSSR count). The highest BCUT2D eigenvalue weighted by atomic mass is 32.2. The van der Waals surface area contributed by atoms with E-state index in [1.54, 1.807) is 13.0 Å². The van der Waals surface area contributed by atoms with E-state index in [1.807, 2.05) is 0 Å². The van der Waals surface area contributed by atoms with Crippen LogP contribution in [0.3, 0.4) is 0 Å². The first kappa shape index (κ1) is 38.3. The molecule has 18 nitrogen and oxygen atoms in total. The Balaban J connectivity index is 0.000000261. The van der Waals surface area contributed by atoms with Crippen LogP contribution in [0.5, 0.6) is 5.75 Å².